The second-order valence-corrected chi connectivity index (χ2v) is 3.37. The predicted octanol–water partition coefficient (Wildman–Crippen LogP) is 0.191. The molecule has 5 nitrogen and oxygen atoms in total. The predicted molar refractivity (Wildman–Crippen MR) is 64.8 cm³/mol. The third kappa shape index (κ3) is 2.56. The van der Waals surface area contributed by atoms with Crippen LogP contribution in [0.4, 0.5) is 5.69 Å². The Hall–Kier alpha value is -2.47. The third-order valence-corrected chi connectivity index (χ3v) is 2.25. The largest absolute Gasteiger partial charge is 0.325 e. The van der Waals surface area contributed by atoms with Crippen LogP contribution in [0.1, 0.15) is 5.56 Å². The number of nitrogens with one attached hydrogen (secondary N) is 2. The number of nitrogens with two attached hydrogens (primary N) is 1. The maximum absolute atomic E-state index is 8.34. The fourth-order valence-corrected chi connectivity index (χ4v) is 1.40. The Balaban J connectivity index is 2.14. The molecule has 0 aromatic heterocycles. The molecule has 17 heavy (non-hydrogen) atoms. The molecular weight excluding hydrogens is 214 g/mol. The van der Waals surface area contributed by atoms with Gasteiger partial charge in [-0.15, -0.1) is 5.53 Å². The Kier molecular flexibility index (Phi) is 3.27. The summed E-state index contributed by atoms with van der Waals surface area (Å²) < 4.78 is 0. The minimum atomic E-state index is 0.454. The SMILES string of the molecule is N#CC#Cc1ccc(N2C=C(CN)NN2)cc1. The maximum atomic E-state index is 8.34. The zero-order valence-corrected chi connectivity index (χ0v) is 9.07. The van der Waals surface area contributed by atoms with Gasteiger partial charge in [-0.3, -0.25) is 5.01 Å². The van der Waals surface area contributed by atoms with Gasteiger partial charge in [0.2, 0.25) is 0 Å². The monoisotopic (exact) mass is 225 g/mol. The Morgan fingerprint density at radius 2 is 2.06 bits per heavy atom. The number of benzene rings is 1. The minimum Gasteiger partial charge on any atom is -0.325 e. The Morgan fingerprint density at radius 1 is 1.29 bits per heavy atom. The highest BCUT2D eigenvalue weighted by Gasteiger charge is 2.10. The first kappa shape index (κ1) is 11.0. The molecule has 84 valence electrons. The topological polar surface area (TPSA) is 77.1 Å². The van der Waals surface area contributed by atoms with Gasteiger partial charge in [0.1, 0.15) is 0 Å². The molecule has 1 heterocycles. The molecule has 2 rings (SSSR count). The first-order valence-electron chi connectivity index (χ1n) is 5.05. The maximum Gasteiger partial charge on any atom is 0.152 e. The van der Waals surface area contributed by atoms with Crippen molar-refractivity contribution in [3.63, 3.8) is 0 Å². The van der Waals surface area contributed by atoms with E-state index >= 15 is 0 Å². The van der Waals surface area contributed by atoms with Crippen molar-refractivity contribution in [1.29, 1.82) is 5.26 Å². The molecule has 5 heteroatoms. The summed E-state index contributed by atoms with van der Waals surface area (Å²) in [5, 5.41) is 10.2. The van der Waals surface area contributed by atoms with E-state index in [1.165, 1.54) is 0 Å². The number of hydrogen-bond donors (Lipinski definition) is 3. The average Bonchev–Trinajstić information content (AvgIpc) is 2.86. The summed E-state index contributed by atoms with van der Waals surface area (Å²) in [6, 6.07) is 9.31. The lowest BCUT2D eigenvalue weighted by molar-refractivity contribution is 0.653. The first-order chi connectivity index (χ1) is 8.33. The van der Waals surface area contributed by atoms with Crippen molar-refractivity contribution >= 4 is 5.69 Å². The first-order valence-corrected chi connectivity index (χ1v) is 5.05. The van der Waals surface area contributed by atoms with E-state index in [-0.39, 0.29) is 0 Å². The zero-order chi connectivity index (χ0) is 12.1. The van der Waals surface area contributed by atoms with Gasteiger partial charge < -0.3 is 11.2 Å². The van der Waals surface area contributed by atoms with Crippen molar-refractivity contribution in [2.24, 2.45) is 5.73 Å². The molecular formula is C12H11N5. The van der Waals surface area contributed by atoms with Crippen molar-refractivity contribution in [3.05, 3.63) is 41.7 Å². The van der Waals surface area contributed by atoms with Gasteiger partial charge in [-0.05, 0) is 24.3 Å². The molecule has 0 saturated heterocycles. The quantitative estimate of drug-likeness (QED) is 0.626. The van der Waals surface area contributed by atoms with E-state index in [1.807, 2.05) is 35.5 Å². The average molecular weight is 225 g/mol. The standard InChI is InChI=1S/C12H11N5/c13-7-1-2-10-3-5-12(6-4-10)17-9-11(8-14)15-16-17/h3-6,9,15-16H,8,14H2. The molecule has 0 radical (unpaired) electrons. The fraction of sp³-hybridized carbons (Fsp3) is 0.0833. The van der Waals surface area contributed by atoms with Crippen LogP contribution >= 0.6 is 0 Å². The Morgan fingerprint density at radius 3 is 2.65 bits per heavy atom. The highest BCUT2D eigenvalue weighted by Crippen LogP contribution is 2.15. The molecule has 0 saturated carbocycles. The molecule has 0 fully saturated rings. The lowest BCUT2D eigenvalue weighted by Crippen LogP contribution is -2.37. The van der Waals surface area contributed by atoms with Crippen LogP contribution in [0.25, 0.3) is 0 Å². The second kappa shape index (κ2) is 5.04. The van der Waals surface area contributed by atoms with Crippen molar-refractivity contribution in [3.8, 4) is 17.9 Å². The van der Waals surface area contributed by atoms with Gasteiger partial charge in [0, 0.05) is 24.2 Å². The smallest absolute Gasteiger partial charge is 0.152 e. The number of rotatable bonds is 2. The van der Waals surface area contributed by atoms with Crippen molar-refractivity contribution < 1.29 is 0 Å². The van der Waals surface area contributed by atoms with Crippen LogP contribution < -0.4 is 21.7 Å². The number of hydrazine groups is 2. The van der Waals surface area contributed by atoms with Crippen LogP contribution in [0.2, 0.25) is 0 Å². The van der Waals surface area contributed by atoms with Crippen LogP contribution in [0, 0.1) is 23.2 Å². The lowest BCUT2D eigenvalue weighted by Gasteiger charge is -2.14. The van der Waals surface area contributed by atoms with Gasteiger partial charge in [0.25, 0.3) is 0 Å². The van der Waals surface area contributed by atoms with Crippen LogP contribution in [-0.2, 0) is 0 Å². The van der Waals surface area contributed by atoms with E-state index in [0.717, 1.165) is 16.9 Å². The van der Waals surface area contributed by atoms with E-state index in [0.29, 0.717) is 6.54 Å². The second-order valence-electron chi connectivity index (χ2n) is 3.37. The summed E-state index contributed by atoms with van der Waals surface area (Å²) in [6.07, 6.45) is 1.88. The molecule has 0 unspecified atom stereocenters. The van der Waals surface area contributed by atoms with Gasteiger partial charge in [-0.2, -0.15) is 5.26 Å². The van der Waals surface area contributed by atoms with Crippen LogP contribution in [0.3, 0.4) is 0 Å². The van der Waals surface area contributed by atoms with Crippen LogP contribution in [-0.4, -0.2) is 6.54 Å². The molecule has 1 aliphatic rings. The van der Waals surface area contributed by atoms with Crippen LogP contribution in [0.15, 0.2) is 36.2 Å². The molecule has 1 aliphatic heterocycles. The van der Waals surface area contributed by atoms with Gasteiger partial charge in [0.15, 0.2) is 6.07 Å². The van der Waals surface area contributed by atoms with E-state index in [4.69, 9.17) is 11.0 Å². The fourth-order valence-electron chi connectivity index (χ4n) is 1.40. The number of nitrogens with zero attached hydrogens (tertiary/aromatic N) is 2. The Bertz CT molecular complexity index is 527. The van der Waals surface area contributed by atoms with E-state index in [1.54, 1.807) is 6.07 Å². The van der Waals surface area contributed by atoms with Crippen molar-refractivity contribution in [2.45, 2.75) is 0 Å². The minimum absolute atomic E-state index is 0.454. The number of hydrogen-bond acceptors (Lipinski definition) is 5. The van der Waals surface area contributed by atoms with E-state index in [9.17, 15) is 0 Å². The summed E-state index contributed by atoms with van der Waals surface area (Å²) in [6.45, 7) is 0.454. The normalized spacial score (nSPS) is 13.2. The van der Waals surface area contributed by atoms with E-state index in [2.05, 4.69) is 22.8 Å². The lowest BCUT2D eigenvalue weighted by atomic mass is 10.2. The van der Waals surface area contributed by atoms with Gasteiger partial charge >= 0.3 is 0 Å². The molecule has 1 aromatic carbocycles. The summed E-state index contributed by atoms with van der Waals surface area (Å²) >= 11 is 0. The summed E-state index contributed by atoms with van der Waals surface area (Å²) in [7, 11) is 0. The summed E-state index contributed by atoms with van der Waals surface area (Å²) in [5.74, 6) is 5.09. The van der Waals surface area contributed by atoms with Crippen molar-refractivity contribution in [2.75, 3.05) is 11.6 Å². The molecule has 1 aromatic rings. The number of anilines is 1. The summed E-state index contributed by atoms with van der Waals surface area (Å²) in [5.41, 5.74) is 14.1. The summed E-state index contributed by atoms with van der Waals surface area (Å²) in [4.78, 5) is 0. The van der Waals surface area contributed by atoms with Crippen molar-refractivity contribution in [1.82, 2.24) is 11.0 Å². The van der Waals surface area contributed by atoms with Gasteiger partial charge in [-0.25, -0.2) is 0 Å². The highest BCUT2D eigenvalue weighted by atomic mass is 15.7. The molecule has 0 aliphatic carbocycles. The number of nitriles is 1. The van der Waals surface area contributed by atoms with Gasteiger partial charge in [0.05, 0.1) is 11.4 Å². The molecule has 4 N–H and O–H groups in total. The van der Waals surface area contributed by atoms with Crippen LogP contribution in [0.5, 0.6) is 0 Å². The highest BCUT2D eigenvalue weighted by molar-refractivity contribution is 5.53. The van der Waals surface area contributed by atoms with E-state index < -0.39 is 0 Å². The molecule has 0 atom stereocenters. The van der Waals surface area contributed by atoms with Gasteiger partial charge in [-0.1, -0.05) is 5.92 Å². The zero-order valence-electron chi connectivity index (χ0n) is 9.07. The molecule has 0 spiro atoms. The molecule has 0 amide bonds. The molecule has 0 bridgehead atoms. The Labute approximate surface area is 99.5 Å². The third-order valence-electron chi connectivity index (χ3n) is 2.25.